The molecule has 0 saturated carbocycles. The molecule has 0 aliphatic carbocycles. The Morgan fingerprint density at radius 1 is 0.0692 bits per heavy atom. The Balaban J connectivity index is 0.00000140. The lowest BCUT2D eigenvalue weighted by Gasteiger charge is -2.04. The molecule has 18 rings (SSSR count). The van der Waals surface area contributed by atoms with Gasteiger partial charge < -0.3 is 0 Å². The van der Waals surface area contributed by atoms with Crippen LogP contribution in [0.2, 0.25) is 0 Å². The molecule has 0 saturated heterocycles. The quantitative estimate of drug-likeness (QED) is 0.161. The molecule has 0 aromatic heterocycles. The van der Waals surface area contributed by atoms with E-state index in [1.165, 1.54) is 111 Å². The van der Waals surface area contributed by atoms with Crippen molar-refractivity contribution in [1.29, 1.82) is 0 Å². The van der Waals surface area contributed by atoms with Crippen LogP contribution in [0.5, 0.6) is 0 Å². The van der Waals surface area contributed by atoms with Crippen LogP contribution in [0.3, 0.4) is 0 Å². The zero-order valence-electron chi connectivity index (χ0n) is 82.8. The first-order chi connectivity index (χ1) is 63.8. The van der Waals surface area contributed by atoms with Crippen LogP contribution < -0.4 is 0 Å². The molecule has 130 heavy (non-hydrogen) atoms. The van der Waals surface area contributed by atoms with Crippen molar-refractivity contribution in [3.05, 3.63) is 589 Å². The third kappa shape index (κ3) is 61.3. The highest BCUT2D eigenvalue weighted by Gasteiger charge is 2.01. The zero-order valence-corrected chi connectivity index (χ0v) is 82.8. The standard InChI is InChI=1S/2C18H14.C12H10.10C7H8.6C2H6/c2*1-3-7-15(8-4-1)17-11-13-18(14-12-17)16-9-5-2-6-10-16;1-3-7-11(8-4-1)12-9-5-2-6-10-12;10*1-7-5-3-2-4-6-7;6*1-2/h2*1-14H;1-10H;10*2-6H,1H3;6*1-2H3. The number of benzene rings is 18. The smallest absolute Gasteiger partial charge is 0.0184 e. The second-order valence-corrected chi connectivity index (χ2v) is 27.9. The molecule has 18 aromatic carbocycles. The van der Waals surface area contributed by atoms with Crippen molar-refractivity contribution >= 4 is 0 Å². The van der Waals surface area contributed by atoms with Gasteiger partial charge in [0.1, 0.15) is 0 Å². The van der Waals surface area contributed by atoms with Gasteiger partial charge >= 0.3 is 0 Å². The van der Waals surface area contributed by atoms with E-state index in [0.29, 0.717) is 0 Å². The zero-order chi connectivity index (χ0) is 95.8. The van der Waals surface area contributed by atoms with Crippen LogP contribution in [0.15, 0.2) is 534 Å². The van der Waals surface area contributed by atoms with Crippen molar-refractivity contribution in [3.63, 3.8) is 0 Å². The lowest BCUT2D eigenvalue weighted by Crippen LogP contribution is -1.79. The number of rotatable bonds is 5. The Morgan fingerprint density at radius 3 is 0.177 bits per heavy atom. The van der Waals surface area contributed by atoms with E-state index < -0.39 is 0 Å². The van der Waals surface area contributed by atoms with Gasteiger partial charge in [-0.25, -0.2) is 0 Å². The Labute approximate surface area is 792 Å². The second-order valence-electron chi connectivity index (χ2n) is 27.9. The summed E-state index contributed by atoms with van der Waals surface area (Å²) in [6.07, 6.45) is 0. The average Bonchev–Trinajstić information content (AvgIpc) is 0.842. The molecule has 0 heterocycles. The van der Waals surface area contributed by atoms with Crippen LogP contribution in [-0.4, -0.2) is 0 Å². The summed E-state index contributed by atoms with van der Waals surface area (Å²) in [5, 5.41) is 0. The highest BCUT2D eigenvalue weighted by Crippen LogP contribution is 2.26. The first-order valence-corrected chi connectivity index (χ1v) is 46.5. The monoisotopic (exact) mass is 1720 g/mol. The van der Waals surface area contributed by atoms with Gasteiger partial charge in [-0.15, -0.1) is 0 Å². The van der Waals surface area contributed by atoms with Gasteiger partial charge in [-0.05, 0) is 125 Å². The Hall–Kier alpha value is -14.0. The molecule has 0 aliphatic heterocycles. The van der Waals surface area contributed by atoms with Crippen molar-refractivity contribution in [3.8, 4) is 55.6 Å². The number of hydrogen-bond donors (Lipinski definition) is 0. The third-order valence-corrected chi connectivity index (χ3v) is 17.5. The van der Waals surface area contributed by atoms with Crippen LogP contribution >= 0.6 is 0 Å². The SMILES string of the molecule is CC.CC.CC.CC.CC.CC.Cc1ccccc1.Cc1ccccc1.Cc1ccccc1.Cc1ccccc1.Cc1ccccc1.Cc1ccccc1.Cc1ccccc1.Cc1ccccc1.Cc1ccccc1.Cc1ccccc1.c1ccc(-c2ccc(-c3ccccc3)cc2)cc1.c1ccc(-c2ccc(-c3ccccc3)cc2)cc1.c1ccc(-c2ccccc2)cc1. The van der Waals surface area contributed by atoms with Crippen molar-refractivity contribution in [1.82, 2.24) is 0 Å². The van der Waals surface area contributed by atoms with E-state index in [-0.39, 0.29) is 0 Å². The van der Waals surface area contributed by atoms with E-state index >= 15 is 0 Å². The van der Waals surface area contributed by atoms with Gasteiger partial charge in [0, 0.05) is 0 Å². The molecule has 0 unspecified atom stereocenters. The minimum Gasteiger partial charge on any atom is -0.0683 e. The van der Waals surface area contributed by atoms with Gasteiger partial charge in [-0.1, -0.05) is 673 Å². The normalized spacial score (nSPS) is 8.69. The summed E-state index contributed by atoms with van der Waals surface area (Å²) < 4.78 is 0. The van der Waals surface area contributed by atoms with Gasteiger partial charge in [0.25, 0.3) is 0 Å². The minimum atomic E-state index is 1.26. The highest BCUT2D eigenvalue weighted by molar-refractivity contribution is 5.72. The molecule has 0 N–H and O–H groups in total. The first kappa shape index (κ1) is 116. The molecule has 0 radical (unpaired) electrons. The maximum absolute atomic E-state index is 2.18. The van der Waals surface area contributed by atoms with E-state index in [1.54, 1.807) is 0 Å². The fourth-order valence-corrected chi connectivity index (χ4v) is 10.8. The fourth-order valence-electron chi connectivity index (χ4n) is 10.8. The maximum atomic E-state index is 2.18. The summed E-state index contributed by atoms with van der Waals surface area (Å²) in [5.74, 6) is 0. The molecule has 0 aliphatic rings. The van der Waals surface area contributed by atoms with Gasteiger partial charge in [0.2, 0.25) is 0 Å². The number of aryl methyl sites for hydroxylation is 10. The van der Waals surface area contributed by atoms with Crippen molar-refractivity contribution in [2.24, 2.45) is 0 Å². The topological polar surface area (TPSA) is 0 Å². The lowest BCUT2D eigenvalue weighted by molar-refractivity contribution is 1.48. The van der Waals surface area contributed by atoms with Gasteiger partial charge in [-0.3, -0.25) is 0 Å². The Morgan fingerprint density at radius 2 is 0.123 bits per heavy atom. The molecule has 0 spiro atoms. The summed E-state index contributed by atoms with van der Waals surface area (Å²) in [7, 11) is 0. The van der Waals surface area contributed by atoms with E-state index in [1.807, 2.05) is 301 Å². The Kier molecular flexibility index (Phi) is 74.2. The molecule has 0 bridgehead atoms. The van der Waals surface area contributed by atoms with Crippen molar-refractivity contribution < 1.29 is 0 Å². The summed E-state index contributed by atoms with van der Waals surface area (Å²) >= 11 is 0. The minimum absolute atomic E-state index is 1.26. The van der Waals surface area contributed by atoms with Crippen molar-refractivity contribution in [2.45, 2.75) is 152 Å². The van der Waals surface area contributed by atoms with E-state index in [4.69, 9.17) is 0 Å². The first-order valence-electron chi connectivity index (χ1n) is 46.5. The largest absolute Gasteiger partial charge is 0.0683 e. The highest BCUT2D eigenvalue weighted by atomic mass is 14.1. The molecule has 0 nitrogen and oxygen atoms in total. The molecule has 0 amide bonds. The average molecular weight is 1720 g/mol. The molecular formula is C130H154. The summed E-state index contributed by atoms with van der Waals surface area (Å²) in [4.78, 5) is 0. The predicted octanol–water partition coefficient (Wildman–Crippen LogP) is 39.5. The fraction of sp³-hybridized carbons (Fsp3) is 0.169. The second kappa shape index (κ2) is 83.2. The summed E-state index contributed by atoms with van der Waals surface area (Å²) in [5.41, 5.74) is 25.9. The lowest BCUT2D eigenvalue weighted by atomic mass is 10.0. The van der Waals surface area contributed by atoms with Gasteiger partial charge in [0.15, 0.2) is 0 Å². The van der Waals surface area contributed by atoms with Crippen LogP contribution in [0.25, 0.3) is 55.6 Å². The van der Waals surface area contributed by atoms with Crippen LogP contribution in [0.1, 0.15) is 139 Å². The van der Waals surface area contributed by atoms with Crippen LogP contribution in [0.4, 0.5) is 0 Å². The molecule has 0 heteroatoms. The molecule has 18 aromatic rings. The van der Waals surface area contributed by atoms with E-state index in [0.717, 1.165) is 0 Å². The predicted molar refractivity (Wildman–Crippen MR) is 586 cm³/mol. The molecule has 0 atom stereocenters. The molecule has 674 valence electrons. The van der Waals surface area contributed by atoms with Gasteiger partial charge in [-0.2, -0.15) is 0 Å². The Bertz CT molecular complexity index is 4370. The maximum Gasteiger partial charge on any atom is -0.0184 e. The third-order valence-electron chi connectivity index (χ3n) is 17.5. The summed E-state index contributed by atoms with van der Waals surface area (Å²) in [6.45, 7) is 44.8. The summed E-state index contributed by atoms with van der Waals surface area (Å²) in [6, 6.07) is 183. The van der Waals surface area contributed by atoms with Crippen LogP contribution in [-0.2, 0) is 0 Å². The molecule has 0 fully saturated rings. The van der Waals surface area contributed by atoms with Crippen molar-refractivity contribution in [2.75, 3.05) is 0 Å². The van der Waals surface area contributed by atoms with E-state index in [9.17, 15) is 0 Å². The van der Waals surface area contributed by atoms with E-state index in [2.05, 4.69) is 385 Å². The number of hydrogen-bond acceptors (Lipinski definition) is 0. The van der Waals surface area contributed by atoms with Gasteiger partial charge in [0.05, 0.1) is 0 Å². The van der Waals surface area contributed by atoms with Crippen LogP contribution in [0, 0.1) is 69.2 Å². The molecular weight excluding hydrogens is 1560 g/mol.